The Hall–Kier alpha value is -8.19. The highest BCUT2D eigenvalue weighted by atomic mass is 16.2. The number of hydrogen-bond acceptors (Lipinski definition) is 7. The lowest BCUT2D eigenvalue weighted by molar-refractivity contribution is -0.148. The molecule has 2 aliphatic rings. The number of fused-ring (bicyclic) bond motifs is 4. The molecule has 0 fully saturated rings. The maximum atomic E-state index is 13.7. The van der Waals surface area contributed by atoms with Gasteiger partial charge in [0.25, 0.3) is 23.6 Å². The summed E-state index contributed by atoms with van der Waals surface area (Å²) in [7, 11) is 0. The molecule has 13 heteroatoms. The van der Waals surface area contributed by atoms with Gasteiger partial charge in [-0.05, 0) is 49.9 Å². The van der Waals surface area contributed by atoms with Crippen LogP contribution in [0.1, 0.15) is 120 Å². The average molecular weight is 963 g/mol. The summed E-state index contributed by atoms with van der Waals surface area (Å²) in [5.41, 5.74) is 7.61. The number of Topliss-reactive ketones (excluding diaryl/α,β-unsaturated/α-hetero) is 2. The predicted molar refractivity (Wildman–Crippen MR) is 282 cm³/mol. The van der Waals surface area contributed by atoms with Crippen LogP contribution in [0.2, 0.25) is 0 Å². The average Bonchev–Trinajstić information content (AvgIpc) is 4.27. The number of amides is 5. The molecule has 72 heavy (non-hydrogen) atoms. The Bertz CT molecular complexity index is 3280. The minimum Gasteiger partial charge on any atom is -0.361 e. The van der Waals surface area contributed by atoms with Gasteiger partial charge in [0, 0.05) is 129 Å². The first-order chi connectivity index (χ1) is 35.1. The number of H-pyrrole nitrogens is 4. The van der Waals surface area contributed by atoms with E-state index in [9.17, 15) is 33.6 Å². The molecule has 0 atom stereocenters. The summed E-state index contributed by atoms with van der Waals surface area (Å²) in [6, 6.07) is 30.8. The predicted octanol–water partition coefficient (Wildman–Crippen LogP) is 11.6. The Morgan fingerprint density at radius 3 is 1.04 bits per heavy atom. The summed E-state index contributed by atoms with van der Waals surface area (Å²) in [4.78, 5) is 106. The number of carbonyl (C=O) groups is 7. The Morgan fingerprint density at radius 1 is 0.389 bits per heavy atom. The molecular formula is C59H58N6O7. The number of ketones is 2. The van der Waals surface area contributed by atoms with Crippen molar-refractivity contribution in [3.63, 3.8) is 0 Å². The molecule has 0 saturated carbocycles. The molecule has 13 nitrogen and oxygen atoms in total. The molecule has 6 heterocycles. The summed E-state index contributed by atoms with van der Waals surface area (Å²) in [6.45, 7) is 4.11. The number of hydrogen-bond donors (Lipinski definition) is 4. The highest BCUT2D eigenvalue weighted by Crippen LogP contribution is 2.43. The molecule has 0 radical (unpaired) electrons. The third-order valence-corrected chi connectivity index (χ3v) is 13.9. The van der Waals surface area contributed by atoms with Crippen molar-refractivity contribution in [2.45, 2.75) is 97.3 Å². The highest BCUT2D eigenvalue weighted by Gasteiger charge is 2.44. The quantitative estimate of drug-likeness (QED) is 0.0432. The Morgan fingerprint density at radius 2 is 0.694 bits per heavy atom. The normalized spacial score (nSPS) is 14.0. The minimum absolute atomic E-state index is 0.0987. The summed E-state index contributed by atoms with van der Waals surface area (Å²) in [6.07, 6.45) is 15.8. The molecule has 0 unspecified atom stereocenters. The van der Waals surface area contributed by atoms with E-state index in [4.69, 9.17) is 0 Å². The van der Waals surface area contributed by atoms with Gasteiger partial charge in [0.05, 0.1) is 22.3 Å². The van der Waals surface area contributed by atoms with Crippen LogP contribution in [0.3, 0.4) is 0 Å². The minimum atomic E-state index is -0.589. The topological polar surface area (TPSA) is 189 Å². The van der Waals surface area contributed by atoms with E-state index in [1.807, 2.05) is 123 Å². The zero-order chi connectivity index (χ0) is 50.3. The van der Waals surface area contributed by atoms with Crippen LogP contribution in [0, 0.1) is 0 Å². The SMILES string of the molecule is CCC(=O)CCCCCCC(=O)N1C(=O)C(c2c[nH]c3ccccc23)=C(c2c[nH]c3ccccc23)C1=O.CCC(=O)CCCCCCN1C(=O)C(c2c[nH]c3ccccc23)=C(c2c[nH]c3ccccc23)C1=O. The molecule has 8 aromatic rings. The summed E-state index contributed by atoms with van der Waals surface area (Å²) in [5.74, 6) is -1.65. The number of aromatic amines is 4. The first kappa shape index (κ1) is 48.8. The van der Waals surface area contributed by atoms with E-state index in [1.165, 1.54) is 4.90 Å². The fraction of sp³-hybridized carbons (Fsp3) is 0.271. The second-order valence-electron chi connectivity index (χ2n) is 18.5. The van der Waals surface area contributed by atoms with Crippen LogP contribution in [0.5, 0.6) is 0 Å². The third-order valence-electron chi connectivity index (χ3n) is 13.9. The van der Waals surface area contributed by atoms with Crippen molar-refractivity contribution in [3.05, 3.63) is 144 Å². The number of para-hydroxylation sites is 4. The monoisotopic (exact) mass is 962 g/mol. The molecule has 10 rings (SSSR count). The van der Waals surface area contributed by atoms with Gasteiger partial charge >= 0.3 is 0 Å². The van der Waals surface area contributed by atoms with Gasteiger partial charge in [-0.25, -0.2) is 4.90 Å². The Labute approximate surface area is 416 Å². The summed E-state index contributed by atoms with van der Waals surface area (Å²) in [5, 5.41) is 3.46. The molecule has 4 aromatic heterocycles. The fourth-order valence-electron chi connectivity index (χ4n) is 10.0. The van der Waals surface area contributed by atoms with E-state index < -0.39 is 17.7 Å². The maximum Gasteiger partial charge on any atom is 0.269 e. The largest absolute Gasteiger partial charge is 0.361 e. The van der Waals surface area contributed by atoms with E-state index in [1.54, 1.807) is 12.4 Å². The number of nitrogens with one attached hydrogen (secondary N) is 4. The third kappa shape index (κ3) is 9.66. The molecule has 366 valence electrons. The molecule has 0 bridgehead atoms. The number of aromatic nitrogens is 4. The smallest absolute Gasteiger partial charge is 0.269 e. The Balaban J connectivity index is 0.000000178. The van der Waals surface area contributed by atoms with Gasteiger partial charge in [0.2, 0.25) is 5.91 Å². The van der Waals surface area contributed by atoms with Crippen molar-refractivity contribution in [2.24, 2.45) is 0 Å². The molecule has 5 amide bonds. The van der Waals surface area contributed by atoms with Crippen LogP contribution < -0.4 is 0 Å². The highest BCUT2D eigenvalue weighted by molar-refractivity contribution is 6.54. The maximum absolute atomic E-state index is 13.7. The van der Waals surface area contributed by atoms with Crippen molar-refractivity contribution >= 4 is 107 Å². The van der Waals surface area contributed by atoms with Gasteiger partial charge in [-0.3, -0.25) is 38.5 Å². The molecule has 4 aromatic carbocycles. The van der Waals surface area contributed by atoms with E-state index in [0.717, 1.165) is 105 Å². The van der Waals surface area contributed by atoms with Crippen LogP contribution in [0.4, 0.5) is 0 Å². The van der Waals surface area contributed by atoms with Gasteiger partial charge < -0.3 is 19.9 Å². The zero-order valence-electron chi connectivity index (χ0n) is 40.7. The second kappa shape index (κ2) is 21.8. The van der Waals surface area contributed by atoms with Gasteiger partial charge in [-0.1, -0.05) is 112 Å². The summed E-state index contributed by atoms with van der Waals surface area (Å²) >= 11 is 0. The summed E-state index contributed by atoms with van der Waals surface area (Å²) < 4.78 is 0. The lowest BCUT2D eigenvalue weighted by Crippen LogP contribution is -2.37. The van der Waals surface area contributed by atoms with E-state index in [-0.39, 0.29) is 40.9 Å². The first-order valence-corrected chi connectivity index (χ1v) is 25.2. The lowest BCUT2D eigenvalue weighted by atomic mass is 9.95. The van der Waals surface area contributed by atoms with Crippen molar-refractivity contribution in [3.8, 4) is 0 Å². The molecule has 4 N–H and O–H groups in total. The van der Waals surface area contributed by atoms with Crippen LogP contribution in [-0.2, 0) is 33.6 Å². The van der Waals surface area contributed by atoms with Gasteiger partial charge in [0.1, 0.15) is 11.6 Å². The van der Waals surface area contributed by atoms with Crippen molar-refractivity contribution in [2.75, 3.05) is 6.54 Å². The number of carbonyl (C=O) groups excluding carboxylic acids is 7. The molecule has 0 spiro atoms. The standard InChI is InChI=1S/C30H29N3O4.C29H29N3O3/c1-2-19(34)11-5-3-4-6-16-26(35)33-29(36)27(22-17-31-24-14-9-7-12-20(22)24)28(30(33)37)23-18-32-25-15-10-8-13-21(23)25;1-2-19(33)11-5-3-4-10-16-32-28(34)26(22-17-30-24-14-8-6-12-20(22)24)27(29(32)35)23-18-31-25-15-9-7-13-21(23)25/h7-10,12-15,17-18,31-32H,2-6,11,16H2,1H3;6-9,12-15,17-18,30-31H,2-5,10-11,16H2,1H3. The lowest BCUT2D eigenvalue weighted by Gasteiger charge is -2.15. The first-order valence-electron chi connectivity index (χ1n) is 25.2. The second-order valence-corrected chi connectivity index (χ2v) is 18.5. The van der Waals surface area contributed by atoms with Crippen LogP contribution in [0.15, 0.2) is 122 Å². The Kier molecular flexibility index (Phi) is 14.8. The van der Waals surface area contributed by atoms with Crippen LogP contribution in [0.25, 0.3) is 65.9 Å². The van der Waals surface area contributed by atoms with Crippen molar-refractivity contribution < 1.29 is 33.6 Å². The van der Waals surface area contributed by atoms with Gasteiger partial charge in [0.15, 0.2) is 0 Å². The van der Waals surface area contributed by atoms with Crippen molar-refractivity contribution in [1.82, 2.24) is 29.7 Å². The van der Waals surface area contributed by atoms with Crippen LogP contribution in [-0.4, -0.2) is 77.4 Å². The van der Waals surface area contributed by atoms with Gasteiger partial charge in [-0.2, -0.15) is 0 Å². The molecular weight excluding hydrogens is 905 g/mol. The zero-order valence-corrected chi connectivity index (χ0v) is 40.7. The number of benzene rings is 4. The number of rotatable bonds is 20. The van der Waals surface area contributed by atoms with Crippen LogP contribution >= 0.6 is 0 Å². The molecule has 0 saturated heterocycles. The van der Waals surface area contributed by atoms with E-state index in [0.29, 0.717) is 60.9 Å². The molecule has 2 aliphatic heterocycles. The van der Waals surface area contributed by atoms with Gasteiger partial charge in [-0.15, -0.1) is 0 Å². The molecule has 0 aliphatic carbocycles. The van der Waals surface area contributed by atoms with E-state index in [2.05, 4.69) is 19.9 Å². The number of nitrogens with zero attached hydrogens (tertiary/aromatic N) is 2. The number of unbranched alkanes of at least 4 members (excludes halogenated alkanes) is 6. The fourth-order valence-corrected chi connectivity index (χ4v) is 10.0. The van der Waals surface area contributed by atoms with E-state index >= 15 is 0 Å². The number of imide groups is 4. The van der Waals surface area contributed by atoms with Crippen molar-refractivity contribution in [1.29, 1.82) is 0 Å².